The van der Waals surface area contributed by atoms with Gasteiger partial charge in [0, 0.05) is 58.4 Å². The fourth-order valence-electron chi connectivity index (χ4n) is 4.49. The Labute approximate surface area is 213 Å². The molecule has 1 aromatic rings. The van der Waals surface area contributed by atoms with E-state index in [2.05, 4.69) is 10.2 Å². The van der Waals surface area contributed by atoms with Gasteiger partial charge in [-0.2, -0.15) is 0 Å². The molecule has 1 N–H and O–H groups in total. The molecule has 0 bridgehead atoms. The first-order valence-corrected chi connectivity index (χ1v) is 12.7. The van der Waals surface area contributed by atoms with E-state index in [-0.39, 0.29) is 42.4 Å². The molecule has 0 spiro atoms. The molecule has 10 nitrogen and oxygen atoms in total. The number of nitrogens with one attached hydrogen (secondary N) is 1. The summed E-state index contributed by atoms with van der Waals surface area (Å²) in [5.74, 6) is 0.0716. The monoisotopic (exact) mass is 504 g/mol. The second-order valence-electron chi connectivity index (χ2n) is 9.64. The van der Waals surface area contributed by atoms with Gasteiger partial charge in [0.25, 0.3) is 5.91 Å². The SMILES string of the molecule is CCC(=O)Nc1ccc2c(c1)C(=O)N(C)C[C@@H](OC)[C@H](C)CN(C(=O)CN1CCOCC1)[C@H](C)CO2. The van der Waals surface area contributed by atoms with Gasteiger partial charge in [0.1, 0.15) is 12.4 Å². The van der Waals surface area contributed by atoms with Crippen LogP contribution in [0, 0.1) is 5.92 Å². The maximum Gasteiger partial charge on any atom is 0.257 e. The number of carbonyl (C=O) groups is 3. The van der Waals surface area contributed by atoms with Crippen LogP contribution in [0.4, 0.5) is 5.69 Å². The average molecular weight is 505 g/mol. The summed E-state index contributed by atoms with van der Waals surface area (Å²) in [4.78, 5) is 44.3. The second-order valence-corrected chi connectivity index (χ2v) is 9.64. The number of benzene rings is 1. The molecule has 200 valence electrons. The van der Waals surface area contributed by atoms with Gasteiger partial charge >= 0.3 is 0 Å². The van der Waals surface area contributed by atoms with E-state index in [0.29, 0.717) is 56.3 Å². The van der Waals surface area contributed by atoms with Crippen molar-refractivity contribution in [3.8, 4) is 5.75 Å². The number of hydrogen-bond acceptors (Lipinski definition) is 7. The van der Waals surface area contributed by atoms with Gasteiger partial charge in [0.05, 0.1) is 37.5 Å². The Hall–Kier alpha value is -2.69. The lowest BCUT2D eigenvalue weighted by Crippen LogP contribution is -2.52. The number of carbonyl (C=O) groups excluding carboxylic acids is 3. The van der Waals surface area contributed by atoms with E-state index < -0.39 is 0 Å². The van der Waals surface area contributed by atoms with E-state index in [1.807, 2.05) is 18.7 Å². The van der Waals surface area contributed by atoms with Crippen molar-refractivity contribution >= 4 is 23.4 Å². The smallest absolute Gasteiger partial charge is 0.257 e. The highest BCUT2D eigenvalue weighted by Gasteiger charge is 2.31. The van der Waals surface area contributed by atoms with Crippen LogP contribution in [-0.2, 0) is 19.1 Å². The molecule has 0 aliphatic carbocycles. The van der Waals surface area contributed by atoms with Crippen LogP contribution in [0.15, 0.2) is 18.2 Å². The molecule has 3 amide bonds. The van der Waals surface area contributed by atoms with Gasteiger partial charge < -0.3 is 29.3 Å². The quantitative estimate of drug-likeness (QED) is 0.651. The molecular formula is C26H40N4O6. The Morgan fingerprint density at radius 2 is 1.89 bits per heavy atom. The number of rotatable bonds is 5. The summed E-state index contributed by atoms with van der Waals surface area (Å²) >= 11 is 0. The minimum absolute atomic E-state index is 0.0181. The van der Waals surface area contributed by atoms with Crippen LogP contribution in [0.2, 0.25) is 0 Å². The number of anilines is 1. The van der Waals surface area contributed by atoms with Crippen molar-refractivity contribution in [1.82, 2.24) is 14.7 Å². The fraction of sp³-hybridized carbons (Fsp3) is 0.654. The number of ether oxygens (including phenoxy) is 3. The molecule has 0 unspecified atom stereocenters. The van der Waals surface area contributed by atoms with Crippen molar-refractivity contribution in [1.29, 1.82) is 0 Å². The number of amides is 3. The molecule has 1 saturated heterocycles. The zero-order valence-corrected chi connectivity index (χ0v) is 22.1. The zero-order chi connectivity index (χ0) is 26.2. The Bertz CT molecular complexity index is 920. The minimum atomic E-state index is -0.267. The summed E-state index contributed by atoms with van der Waals surface area (Å²) in [5, 5.41) is 2.80. The van der Waals surface area contributed by atoms with Gasteiger partial charge in [-0.25, -0.2) is 0 Å². The lowest BCUT2D eigenvalue weighted by atomic mass is 10.0. The van der Waals surface area contributed by atoms with Crippen LogP contribution in [0.3, 0.4) is 0 Å². The highest BCUT2D eigenvalue weighted by atomic mass is 16.5. The first-order valence-electron chi connectivity index (χ1n) is 12.7. The van der Waals surface area contributed by atoms with Crippen LogP contribution in [0.25, 0.3) is 0 Å². The predicted octanol–water partition coefficient (Wildman–Crippen LogP) is 1.70. The van der Waals surface area contributed by atoms with Crippen molar-refractivity contribution in [2.75, 3.05) is 72.0 Å². The molecule has 3 rings (SSSR count). The van der Waals surface area contributed by atoms with Crippen LogP contribution in [-0.4, -0.2) is 111 Å². The molecule has 0 radical (unpaired) electrons. The lowest BCUT2D eigenvalue weighted by molar-refractivity contribution is -0.137. The van der Waals surface area contributed by atoms with E-state index in [1.165, 1.54) is 0 Å². The van der Waals surface area contributed by atoms with Crippen molar-refractivity contribution in [2.45, 2.75) is 39.3 Å². The van der Waals surface area contributed by atoms with E-state index in [0.717, 1.165) is 13.1 Å². The largest absolute Gasteiger partial charge is 0.491 e. The average Bonchev–Trinajstić information content (AvgIpc) is 2.88. The number of nitrogens with zero attached hydrogens (tertiary/aromatic N) is 3. The van der Waals surface area contributed by atoms with E-state index in [4.69, 9.17) is 14.2 Å². The van der Waals surface area contributed by atoms with Crippen LogP contribution in [0.1, 0.15) is 37.6 Å². The van der Waals surface area contributed by atoms with Crippen LogP contribution in [0.5, 0.6) is 5.75 Å². The number of fused-ring (bicyclic) bond motifs is 1. The minimum Gasteiger partial charge on any atom is -0.491 e. The molecular weight excluding hydrogens is 464 g/mol. The number of likely N-dealkylation sites (N-methyl/N-ethyl adjacent to an activating group) is 1. The van der Waals surface area contributed by atoms with Gasteiger partial charge in [-0.1, -0.05) is 13.8 Å². The van der Waals surface area contributed by atoms with E-state index in [1.54, 1.807) is 44.2 Å². The standard InChI is InChI=1S/C26H40N4O6/c1-6-24(31)27-20-7-8-22-21(13-20)26(33)28(4)15-23(34-5)18(2)14-30(19(3)17-36-22)25(32)16-29-9-11-35-12-10-29/h7-8,13,18-19,23H,6,9-12,14-17H2,1-5H3,(H,27,31)/t18-,19-,23-/m1/s1. The molecule has 2 aliphatic heterocycles. The molecule has 2 aliphatic rings. The highest BCUT2D eigenvalue weighted by Crippen LogP contribution is 2.26. The third-order valence-corrected chi connectivity index (χ3v) is 6.83. The maximum atomic E-state index is 13.4. The van der Waals surface area contributed by atoms with Crippen molar-refractivity contribution in [3.63, 3.8) is 0 Å². The van der Waals surface area contributed by atoms with Crippen molar-refractivity contribution in [2.24, 2.45) is 5.92 Å². The first-order chi connectivity index (χ1) is 17.2. The fourth-order valence-corrected chi connectivity index (χ4v) is 4.49. The first kappa shape index (κ1) is 27.9. The van der Waals surface area contributed by atoms with Gasteiger partial charge in [0.15, 0.2) is 0 Å². The number of morpholine rings is 1. The zero-order valence-electron chi connectivity index (χ0n) is 22.1. The number of methoxy groups -OCH3 is 1. The van der Waals surface area contributed by atoms with Gasteiger partial charge in [-0.3, -0.25) is 19.3 Å². The molecule has 10 heteroatoms. The molecule has 36 heavy (non-hydrogen) atoms. The molecule has 2 heterocycles. The molecule has 0 saturated carbocycles. The van der Waals surface area contributed by atoms with E-state index in [9.17, 15) is 14.4 Å². The lowest BCUT2D eigenvalue weighted by Gasteiger charge is -2.37. The molecule has 1 aromatic carbocycles. The second kappa shape index (κ2) is 13.0. The molecule has 1 fully saturated rings. The summed E-state index contributed by atoms with van der Waals surface area (Å²) < 4.78 is 17.3. The summed E-state index contributed by atoms with van der Waals surface area (Å²) in [6.07, 6.45) is 0.0670. The van der Waals surface area contributed by atoms with Crippen molar-refractivity contribution < 1.29 is 28.6 Å². The van der Waals surface area contributed by atoms with Gasteiger partial charge in [-0.05, 0) is 25.1 Å². The van der Waals surface area contributed by atoms with Gasteiger partial charge in [-0.15, -0.1) is 0 Å². The number of hydrogen-bond donors (Lipinski definition) is 1. The molecule has 0 aromatic heterocycles. The Morgan fingerprint density at radius 3 is 2.56 bits per heavy atom. The normalized spacial score (nSPS) is 24.2. The summed E-state index contributed by atoms with van der Waals surface area (Å²) in [5.41, 5.74) is 0.887. The third-order valence-electron chi connectivity index (χ3n) is 6.83. The Balaban J connectivity index is 1.89. The van der Waals surface area contributed by atoms with Gasteiger partial charge in [0.2, 0.25) is 11.8 Å². The Morgan fingerprint density at radius 1 is 1.17 bits per heavy atom. The maximum absolute atomic E-state index is 13.4. The van der Waals surface area contributed by atoms with Crippen LogP contribution >= 0.6 is 0 Å². The van der Waals surface area contributed by atoms with Crippen molar-refractivity contribution in [3.05, 3.63) is 23.8 Å². The Kier molecular flexibility index (Phi) is 10.1. The molecule has 3 atom stereocenters. The predicted molar refractivity (Wildman–Crippen MR) is 136 cm³/mol. The summed E-state index contributed by atoms with van der Waals surface area (Å²) in [7, 11) is 3.35. The van der Waals surface area contributed by atoms with Crippen LogP contribution < -0.4 is 10.1 Å². The highest BCUT2D eigenvalue weighted by molar-refractivity contribution is 5.99. The summed E-state index contributed by atoms with van der Waals surface area (Å²) in [6.45, 7) is 9.88. The third kappa shape index (κ3) is 7.18. The van der Waals surface area contributed by atoms with E-state index >= 15 is 0 Å². The topological polar surface area (TPSA) is 101 Å². The summed E-state index contributed by atoms with van der Waals surface area (Å²) in [6, 6.07) is 4.84.